The number of methoxy groups -OCH3 is 1. The number of aryl methyl sites for hydroxylation is 1. The van der Waals surface area contributed by atoms with Gasteiger partial charge in [0, 0.05) is 23.8 Å². The fourth-order valence-electron chi connectivity index (χ4n) is 1.60. The molecular weight excluding hydrogens is 274 g/mol. The third-order valence-electron chi connectivity index (χ3n) is 2.47. The van der Waals surface area contributed by atoms with E-state index in [9.17, 15) is 0 Å². The van der Waals surface area contributed by atoms with Crippen LogP contribution in [-0.2, 0) is 5.75 Å². The second-order valence-corrected chi connectivity index (χ2v) is 4.83. The van der Waals surface area contributed by atoms with Gasteiger partial charge in [0.2, 0.25) is 5.89 Å². The number of benzene rings is 1. The number of thioether (sulfide) groups is 1. The van der Waals surface area contributed by atoms with Gasteiger partial charge in [0.25, 0.3) is 5.22 Å². The Morgan fingerprint density at radius 1 is 1.40 bits per heavy atom. The second-order valence-electron chi connectivity index (χ2n) is 3.91. The summed E-state index contributed by atoms with van der Waals surface area (Å²) in [6, 6.07) is 5.79. The maximum Gasteiger partial charge on any atom is 0.276 e. The Kier molecular flexibility index (Phi) is 5.04. The monoisotopic (exact) mass is 289 g/mol. The van der Waals surface area contributed by atoms with Gasteiger partial charge < -0.3 is 14.9 Å². The van der Waals surface area contributed by atoms with Gasteiger partial charge in [-0.1, -0.05) is 23.6 Å². The molecule has 0 aliphatic rings. The predicted octanol–water partition coefficient (Wildman–Crippen LogP) is 1.99. The molecule has 0 bridgehead atoms. The summed E-state index contributed by atoms with van der Waals surface area (Å²) in [6.07, 6.45) is 0. The molecule has 0 aliphatic heterocycles. The third kappa shape index (κ3) is 3.76. The van der Waals surface area contributed by atoms with Crippen molar-refractivity contribution < 1.29 is 9.15 Å². The lowest BCUT2D eigenvalue weighted by molar-refractivity contribution is 0.411. The highest BCUT2D eigenvalue weighted by atomic mass is 32.2. The molecule has 2 N–H and O–H groups in total. The lowest BCUT2D eigenvalue weighted by Gasteiger charge is -2.07. The van der Waals surface area contributed by atoms with Crippen molar-refractivity contribution in [1.29, 1.82) is 0 Å². The van der Waals surface area contributed by atoms with Crippen LogP contribution in [0.25, 0.3) is 0 Å². The molecule has 5 nitrogen and oxygen atoms in total. The summed E-state index contributed by atoms with van der Waals surface area (Å²) in [5.41, 5.74) is 7.31. The molecule has 2 aromatic rings. The van der Waals surface area contributed by atoms with E-state index in [-0.39, 0.29) is 0 Å². The summed E-state index contributed by atoms with van der Waals surface area (Å²) >= 11 is 1.46. The molecule has 0 atom stereocenters. The number of hydrogen-bond donors (Lipinski definition) is 1. The number of hydrogen-bond acceptors (Lipinski definition) is 6. The van der Waals surface area contributed by atoms with Gasteiger partial charge in [0.15, 0.2) is 0 Å². The SMILES string of the molecule is COc1ccc(C#CCN)cc1CSc1nnc(C)o1. The Bertz CT molecular complexity index is 643. The van der Waals surface area contributed by atoms with E-state index in [0.717, 1.165) is 16.9 Å². The van der Waals surface area contributed by atoms with E-state index >= 15 is 0 Å². The molecule has 2 rings (SSSR count). The van der Waals surface area contributed by atoms with Crippen LogP contribution in [0.15, 0.2) is 27.8 Å². The lowest BCUT2D eigenvalue weighted by Crippen LogP contribution is -1.94. The molecule has 0 amide bonds. The van der Waals surface area contributed by atoms with Crippen molar-refractivity contribution in [3.8, 4) is 17.6 Å². The van der Waals surface area contributed by atoms with Crippen molar-refractivity contribution in [2.75, 3.05) is 13.7 Å². The average molecular weight is 289 g/mol. The first kappa shape index (κ1) is 14.4. The van der Waals surface area contributed by atoms with Crippen LogP contribution in [0.1, 0.15) is 17.0 Å². The Labute approximate surface area is 121 Å². The second kappa shape index (κ2) is 6.98. The molecule has 0 saturated heterocycles. The van der Waals surface area contributed by atoms with E-state index in [2.05, 4.69) is 22.0 Å². The summed E-state index contributed by atoms with van der Waals surface area (Å²) in [5.74, 6) is 7.88. The van der Waals surface area contributed by atoms with Gasteiger partial charge in [-0.3, -0.25) is 0 Å². The first-order valence-electron chi connectivity index (χ1n) is 6.01. The van der Waals surface area contributed by atoms with E-state index in [1.54, 1.807) is 14.0 Å². The van der Waals surface area contributed by atoms with Gasteiger partial charge in [-0.2, -0.15) is 0 Å². The molecule has 1 aromatic heterocycles. The minimum atomic E-state index is 0.345. The van der Waals surface area contributed by atoms with Crippen molar-refractivity contribution in [1.82, 2.24) is 10.2 Å². The Morgan fingerprint density at radius 3 is 2.90 bits per heavy atom. The van der Waals surface area contributed by atoms with Gasteiger partial charge in [-0.25, -0.2) is 0 Å². The van der Waals surface area contributed by atoms with Crippen molar-refractivity contribution in [2.45, 2.75) is 17.9 Å². The quantitative estimate of drug-likeness (QED) is 0.685. The molecule has 0 saturated carbocycles. The van der Waals surface area contributed by atoms with Crippen LogP contribution < -0.4 is 10.5 Å². The maximum absolute atomic E-state index is 5.38. The largest absolute Gasteiger partial charge is 0.496 e. The van der Waals surface area contributed by atoms with Crippen LogP contribution in [0.2, 0.25) is 0 Å². The number of aromatic nitrogens is 2. The van der Waals surface area contributed by atoms with Crippen LogP contribution in [0.3, 0.4) is 0 Å². The van der Waals surface area contributed by atoms with Gasteiger partial charge in [0.1, 0.15) is 5.75 Å². The minimum absolute atomic E-state index is 0.345. The molecular formula is C14H15N3O2S. The van der Waals surface area contributed by atoms with E-state index in [1.165, 1.54) is 11.8 Å². The summed E-state index contributed by atoms with van der Waals surface area (Å²) in [7, 11) is 1.64. The zero-order chi connectivity index (χ0) is 14.4. The van der Waals surface area contributed by atoms with Crippen LogP contribution in [0.5, 0.6) is 5.75 Å². The molecule has 0 fully saturated rings. The molecule has 1 aromatic carbocycles. The zero-order valence-corrected chi connectivity index (χ0v) is 12.2. The molecule has 0 unspecified atom stereocenters. The highest BCUT2D eigenvalue weighted by molar-refractivity contribution is 7.98. The van der Waals surface area contributed by atoms with Gasteiger partial charge >= 0.3 is 0 Å². The average Bonchev–Trinajstić information content (AvgIpc) is 2.88. The van der Waals surface area contributed by atoms with Crippen LogP contribution >= 0.6 is 11.8 Å². The summed E-state index contributed by atoms with van der Waals surface area (Å²) in [6.45, 7) is 2.11. The number of nitrogens with two attached hydrogens (primary N) is 1. The highest BCUT2D eigenvalue weighted by Crippen LogP contribution is 2.28. The molecule has 6 heteroatoms. The topological polar surface area (TPSA) is 74.2 Å². The summed E-state index contributed by atoms with van der Waals surface area (Å²) in [5, 5.41) is 8.29. The predicted molar refractivity (Wildman–Crippen MR) is 77.5 cm³/mol. The van der Waals surface area contributed by atoms with Crippen molar-refractivity contribution in [3.05, 3.63) is 35.2 Å². The standard InChI is InChI=1S/C14H15N3O2S/c1-10-16-17-14(19-10)20-9-12-8-11(4-3-7-15)5-6-13(12)18-2/h5-6,8H,7,9,15H2,1-2H3. The first-order chi connectivity index (χ1) is 9.72. The fourth-order valence-corrected chi connectivity index (χ4v) is 2.38. The zero-order valence-electron chi connectivity index (χ0n) is 11.3. The molecule has 0 radical (unpaired) electrons. The van der Waals surface area contributed by atoms with Gasteiger partial charge in [-0.05, 0) is 18.2 Å². The maximum atomic E-state index is 5.38. The van der Waals surface area contributed by atoms with E-state index in [0.29, 0.717) is 23.4 Å². The van der Waals surface area contributed by atoms with E-state index in [1.807, 2.05) is 18.2 Å². The first-order valence-corrected chi connectivity index (χ1v) is 7.00. The highest BCUT2D eigenvalue weighted by Gasteiger charge is 2.08. The van der Waals surface area contributed by atoms with Crippen molar-refractivity contribution in [3.63, 3.8) is 0 Å². The van der Waals surface area contributed by atoms with Crippen molar-refractivity contribution >= 4 is 11.8 Å². The van der Waals surface area contributed by atoms with Crippen LogP contribution in [-0.4, -0.2) is 23.9 Å². The van der Waals surface area contributed by atoms with Crippen LogP contribution in [0.4, 0.5) is 0 Å². The Hall–Kier alpha value is -1.97. The third-order valence-corrected chi connectivity index (χ3v) is 3.34. The number of rotatable bonds is 4. The van der Waals surface area contributed by atoms with Crippen molar-refractivity contribution in [2.24, 2.45) is 5.73 Å². The molecule has 0 spiro atoms. The van der Waals surface area contributed by atoms with Gasteiger partial charge in [-0.15, -0.1) is 10.2 Å². The fraction of sp³-hybridized carbons (Fsp3) is 0.286. The molecule has 1 heterocycles. The number of nitrogens with zero attached hydrogens (tertiary/aromatic N) is 2. The Morgan fingerprint density at radius 2 is 2.25 bits per heavy atom. The van der Waals surface area contributed by atoms with Crippen LogP contribution in [0, 0.1) is 18.8 Å². The van der Waals surface area contributed by atoms with Gasteiger partial charge in [0.05, 0.1) is 13.7 Å². The molecule has 20 heavy (non-hydrogen) atoms. The smallest absolute Gasteiger partial charge is 0.276 e. The summed E-state index contributed by atoms with van der Waals surface area (Å²) in [4.78, 5) is 0. The lowest BCUT2D eigenvalue weighted by atomic mass is 10.1. The summed E-state index contributed by atoms with van der Waals surface area (Å²) < 4.78 is 10.7. The Balaban J connectivity index is 2.15. The van der Waals surface area contributed by atoms with E-state index < -0.39 is 0 Å². The minimum Gasteiger partial charge on any atom is -0.496 e. The van der Waals surface area contributed by atoms with E-state index in [4.69, 9.17) is 14.9 Å². The number of ether oxygens (including phenoxy) is 1. The molecule has 0 aliphatic carbocycles. The molecule has 104 valence electrons. The normalized spacial score (nSPS) is 9.95.